The lowest BCUT2D eigenvalue weighted by molar-refractivity contribution is -0.123. The fourth-order valence-corrected chi connectivity index (χ4v) is 2.04. The number of rotatable bonds is 7. The molecule has 0 bridgehead atoms. The molecule has 0 saturated heterocycles. The van der Waals surface area contributed by atoms with E-state index in [4.69, 9.17) is 9.47 Å². The first-order valence-corrected chi connectivity index (χ1v) is 7.60. The van der Waals surface area contributed by atoms with E-state index >= 15 is 0 Å². The van der Waals surface area contributed by atoms with Crippen LogP contribution >= 0.6 is 0 Å². The van der Waals surface area contributed by atoms with Crippen LogP contribution in [0.15, 0.2) is 48.5 Å². The highest BCUT2D eigenvalue weighted by Crippen LogP contribution is 2.23. The third-order valence-corrected chi connectivity index (χ3v) is 3.33. The van der Waals surface area contributed by atoms with Crippen molar-refractivity contribution in [3.8, 4) is 11.5 Å². The van der Waals surface area contributed by atoms with Crippen LogP contribution in [0.1, 0.15) is 17.3 Å². The van der Waals surface area contributed by atoms with Gasteiger partial charge < -0.3 is 19.5 Å². The Labute approximate surface area is 148 Å². The molecule has 0 saturated carbocycles. The lowest BCUT2D eigenvalue weighted by atomic mass is 10.2. The van der Waals surface area contributed by atoms with Gasteiger partial charge in [-0.25, -0.2) is 4.79 Å². The third-order valence-electron chi connectivity index (χ3n) is 3.33. The quantitative estimate of drug-likeness (QED) is 0.761. The number of carbonyl (C=O) groups is 2. The van der Waals surface area contributed by atoms with Gasteiger partial charge in [0.2, 0.25) is 0 Å². The third kappa shape index (κ3) is 5.17. The first kappa shape index (κ1) is 19.2. The van der Waals surface area contributed by atoms with Gasteiger partial charge in [0.1, 0.15) is 11.5 Å². The molecule has 2 aromatic rings. The van der Waals surface area contributed by atoms with Gasteiger partial charge in [0.05, 0.1) is 18.4 Å². The fraction of sp³-hybridized carbons (Fsp3) is 0.222. The number of carbonyl (C=O) groups excluding carboxylic acids is 2. The summed E-state index contributed by atoms with van der Waals surface area (Å²) in [4.78, 5) is 24.2. The molecule has 1 amide bonds. The number of ether oxygens (including phenoxy) is 3. The number of methoxy groups -OCH3 is 1. The van der Waals surface area contributed by atoms with Crippen LogP contribution in [0.25, 0.3) is 0 Å². The smallest absolute Gasteiger partial charge is 0.387 e. The van der Waals surface area contributed by atoms with Crippen molar-refractivity contribution in [1.29, 1.82) is 0 Å². The zero-order valence-electron chi connectivity index (χ0n) is 14.1. The molecule has 0 aromatic heterocycles. The topological polar surface area (TPSA) is 73.9 Å². The molecule has 0 unspecified atom stereocenters. The van der Waals surface area contributed by atoms with Gasteiger partial charge in [0.25, 0.3) is 5.91 Å². The van der Waals surface area contributed by atoms with E-state index in [-0.39, 0.29) is 11.3 Å². The predicted molar refractivity (Wildman–Crippen MR) is 89.6 cm³/mol. The summed E-state index contributed by atoms with van der Waals surface area (Å²) in [6.07, 6.45) is -1.08. The molecule has 1 atom stereocenters. The molecular formula is C18H17F2NO5. The Bertz CT molecular complexity index is 764. The van der Waals surface area contributed by atoms with E-state index in [2.05, 4.69) is 10.1 Å². The van der Waals surface area contributed by atoms with Crippen molar-refractivity contribution in [3.63, 3.8) is 0 Å². The first-order valence-electron chi connectivity index (χ1n) is 7.60. The Kier molecular flexibility index (Phi) is 6.48. The number of benzene rings is 2. The van der Waals surface area contributed by atoms with Crippen molar-refractivity contribution in [2.24, 2.45) is 0 Å². The van der Waals surface area contributed by atoms with Crippen LogP contribution in [0, 0.1) is 0 Å². The maximum absolute atomic E-state index is 12.2. The number of hydrogen-bond acceptors (Lipinski definition) is 5. The van der Waals surface area contributed by atoms with Crippen LogP contribution in [0.3, 0.4) is 0 Å². The van der Waals surface area contributed by atoms with Crippen LogP contribution in [-0.2, 0) is 9.53 Å². The van der Waals surface area contributed by atoms with Gasteiger partial charge in [-0.15, -0.1) is 0 Å². The SMILES string of the molecule is COc1ccccc1NC(=O)[C@@H](C)OC(=O)c1ccc(OC(F)F)cc1. The second-order valence-electron chi connectivity index (χ2n) is 5.14. The Balaban J connectivity index is 1.96. The highest BCUT2D eigenvalue weighted by Gasteiger charge is 2.20. The summed E-state index contributed by atoms with van der Waals surface area (Å²) in [6.45, 7) is -1.54. The molecule has 0 aliphatic rings. The average molecular weight is 365 g/mol. The minimum atomic E-state index is -2.95. The number of nitrogens with one attached hydrogen (secondary N) is 1. The van der Waals surface area contributed by atoms with E-state index in [0.29, 0.717) is 11.4 Å². The second-order valence-corrected chi connectivity index (χ2v) is 5.14. The Morgan fingerprint density at radius 2 is 1.69 bits per heavy atom. The number of halogens is 2. The van der Waals surface area contributed by atoms with E-state index in [9.17, 15) is 18.4 Å². The van der Waals surface area contributed by atoms with E-state index in [0.717, 1.165) is 0 Å². The zero-order chi connectivity index (χ0) is 19.1. The van der Waals surface area contributed by atoms with E-state index in [1.165, 1.54) is 38.3 Å². The molecule has 26 heavy (non-hydrogen) atoms. The number of alkyl halides is 2. The number of esters is 1. The van der Waals surface area contributed by atoms with Gasteiger partial charge in [-0.1, -0.05) is 12.1 Å². The van der Waals surface area contributed by atoms with Gasteiger partial charge in [-0.3, -0.25) is 4.79 Å². The molecule has 6 nitrogen and oxygen atoms in total. The van der Waals surface area contributed by atoms with Crippen LogP contribution in [0.5, 0.6) is 11.5 Å². The fourth-order valence-electron chi connectivity index (χ4n) is 2.04. The molecule has 0 radical (unpaired) electrons. The molecule has 0 heterocycles. The van der Waals surface area contributed by atoms with E-state index < -0.39 is 24.6 Å². The van der Waals surface area contributed by atoms with Crippen LogP contribution in [0.2, 0.25) is 0 Å². The van der Waals surface area contributed by atoms with Gasteiger partial charge in [0.15, 0.2) is 6.10 Å². The second kappa shape index (κ2) is 8.80. The molecular weight excluding hydrogens is 348 g/mol. The Morgan fingerprint density at radius 3 is 2.31 bits per heavy atom. The maximum atomic E-state index is 12.2. The van der Waals surface area contributed by atoms with Crippen LogP contribution in [-0.4, -0.2) is 31.7 Å². The molecule has 2 aromatic carbocycles. The van der Waals surface area contributed by atoms with Crippen molar-refractivity contribution >= 4 is 17.6 Å². The molecule has 0 spiro atoms. The number of amides is 1. The molecule has 2 rings (SSSR count). The molecule has 1 N–H and O–H groups in total. The lowest BCUT2D eigenvalue weighted by Crippen LogP contribution is -2.30. The molecule has 0 fully saturated rings. The maximum Gasteiger partial charge on any atom is 0.387 e. The highest BCUT2D eigenvalue weighted by molar-refractivity contribution is 5.98. The molecule has 0 aliphatic heterocycles. The summed E-state index contributed by atoms with van der Waals surface area (Å²) < 4.78 is 38.6. The van der Waals surface area contributed by atoms with Crippen molar-refractivity contribution < 1.29 is 32.6 Å². The zero-order valence-corrected chi connectivity index (χ0v) is 14.1. The minimum absolute atomic E-state index is 0.0847. The van der Waals surface area contributed by atoms with Crippen molar-refractivity contribution in [3.05, 3.63) is 54.1 Å². The Morgan fingerprint density at radius 1 is 1.04 bits per heavy atom. The largest absolute Gasteiger partial charge is 0.495 e. The standard InChI is InChI=1S/C18H17F2NO5/c1-11(16(22)21-14-5-3-4-6-15(14)24-2)25-17(23)12-7-9-13(10-8-12)26-18(19)20/h3-11,18H,1-2H3,(H,21,22)/t11-/m1/s1. The number of anilines is 1. The van der Waals surface area contributed by atoms with Gasteiger partial charge in [-0.2, -0.15) is 8.78 Å². The monoisotopic (exact) mass is 365 g/mol. The average Bonchev–Trinajstić information content (AvgIpc) is 2.62. The van der Waals surface area contributed by atoms with Gasteiger partial charge in [0, 0.05) is 0 Å². The molecule has 0 aliphatic carbocycles. The summed E-state index contributed by atoms with van der Waals surface area (Å²) in [6, 6.07) is 11.7. The summed E-state index contributed by atoms with van der Waals surface area (Å²) in [7, 11) is 1.47. The summed E-state index contributed by atoms with van der Waals surface area (Å²) in [5, 5.41) is 2.60. The van der Waals surface area contributed by atoms with Gasteiger partial charge in [-0.05, 0) is 43.3 Å². The predicted octanol–water partition coefficient (Wildman–Crippen LogP) is 3.48. The molecule has 8 heteroatoms. The summed E-state index contributed by atoms with van der Waals surface area (Å²) >= 11 is 0. The summed E-state index contributed by atoms with van der Waals surface area (Å²) in [5.41, 5.74) is 0.542. The Hall–Kier alpha value is -3.16. The number of para-hydroxylation sites is 2. The van der Waals surface area contributed by atoms with E-state index in [1.54, 1.807) is 24.3 Å². The van der Waals surface area contributed by atoms with Crippen molar-refractivity contribution in [2.75, 3.05) is 12.4 Å². The lowest BCUT2D eigenvalue weighted by Gasteiger charge is -2.15. The highest BCUT2D eigenvalue weighted by atomic mass is 19.3. The van der Waals surface area contributed by atoms with Gasteiger partial charge >= 0.3 is 12.6 Å². The van der Waals surface area contributed by atoms with Crippen LogP contribution in [0.4, 0.5) is 14.5 Å². The van der Waals surface area contributed by atoms with E-state index in [1.807, 2.05) is 0 Å². The summed E-state index contributed by atoms with van der Waals surface area (Å²) in [5.74, 6) is -0.927. The van der Waals surface area contributed by atoms with Crippen molar-refractivity contribution in [1.82, 2.24) is 0 Å². The minimum Gasteiger partial charge on any atom is -0.495 e. The molecule has 138 valence electrons. The normalized spacial score (nSPS) is 11.6. The first-order chi connectivity index (χ1) is 12.4. The number of hydrogen-bond donors (Lipinski definition) is 1. The van der Waals surface area contributed by atoms with Crippen molar-refractivity contribution in [2.45, 2.75) is 19.6 Å². The van der Waals surface area contributed by atoms with Crippen LogP contribution < -0.4 is 14.8 Å².